The van der Waals surface area contributed by atoms with E-state index in [-0.39, 0.29) is 5.91 Å². The van der Waals surface area contributed by atoms with Gasteiger partial charge in [0.15, 0.2) is 0 Å². The molecule has 0 fully saturated rings. The van der Waals surface area contributed by atoms with Crippen LogP contribution in [0.3, 0.4) is 0 Å². The number of rotatable bonds is 3. The maximum Gasteiger partial charge on any atom is 0.339 e. The van der Waals surface area contributed by atoms with Crippen LogP contribution >= 0.6 is 0 Å². The van der Waals surface area contributed by atoms with Crippen molar-refractivity contribution in [2.75, 3.05) is 12.4 Å². The van der Waals surface area contributed by atoms with E-state index < -0.39 is 5.97 Å². The van der Waals surface area contributed by atoms with Crippen LogP contribution in [0.5, 0.6) is 0 Å². The number of aromatic nitrogens is 1. The highest BCUT2D eigenvalue weighted by atomic mass is 16.5. The Kier molecular flexibility index (Phi) is 4.10. The number of anilines is 1. The number of carbonyl (C=O) groups is 2. The van der Waals surface area contributed by atoms with E-state index in [1.807, 2.05) is 19.1 Å². The minimum atomic E-state index is -0.464. The van der Waals surface area contributed by atoms with Gasteiger partial charge in [-0.2, -0.15) is 0 Å². The highest BCUT2D eigenvalue weighted by Gasteiger charge is 2.09. The molecule has 0 aliphatic rings. The molecule has 1 aromatic heterocycles. The Morgan fingerprint density at radius 1 is 1.15 bits per heavy atom. The van der Waals surface area contributed by atoms with E-state index in [4.69, 9.17) is 0 Å². The number of nitrogens with zero attached hydrogens (tertiary/aromatic N) is 1. The van der Waals surface area contributed by atoms with Crippen LogP contribution in [-0.4, -0.2) is 24.0 Å². The van der Waals surface area contributed by atoms with Crippen LogP contribution in [-0.2, 0) is 4.74 Å². The van der Waals surface area contributed by atoms with Gasteiger partial charge in [0.1, 0.15) is 5.82 Å². The molecule has 2 aromatic rings. The van der Waals surface area contributed by atoms with Gasteiger partial charge in [-0.3, -0.25) is 4.79 Å². The van der Waals surface area contributed by atoms with Gasteiger partial charge in [0.25, 0.3) is 5.91 Å². The number of benzene rings is 1. The van der Waals surface area contributed by atoms with Crippen molar-refractivity contribution in [3.05, 3.63) is 59.3 Å². The van der Waals surface area contributed by atoms with Crippen molar-refractivity contribution in [3.63, 3.8) is 0 Å². The molecule has 0 aliphatic heterocycles. The normalized spacial score (nSPS) is 9.90. The Bertz CT molecular complexity index is 636. The molecule has 1 N–H and O–H groups in total. The fraction of sp³-hybridized carbons (Fsp3) is 0.133. The minimum absolute atomic E-state index is 0.244. The average Bonchev–Trinajstić information content (AvgIpc) is 2.47. The number of ether oxygens (including phenoxy) is 1. The van der Waals surface area contributed by atoms with Gasteiger partial charge in [-0.1, -0.05) is 17.7 Å². The molecule has 0 atom stereocenters. The van der Waals surface area contributed by atoms with Crippen molar-refractivity contribution in [2.24, 2.45) is 0 Å². The second-order valence-corrected chi connectivity index (χ2v) is 4.25. The first-order valence-corrected chi connectivity index (χ1v) is 6.02. The molecular weight excluding hydrogens is 256 g/mol. The number of aryl methyl sites for hydroxylation is 1. The van der Waals surface area contributed by atoms with Crippen LogP contribution in [0.15, 0.2) is 42.6 Å². The van der Waals surface area contributed by atoms with Crippen molar-refractivity contribution in [3.8, 4) is 0 Å². The van der Waals surface area contributed by atoms with Crippen molar-refractivity contribution in [1.82, 2.24) is 4.98 Å². The van der Waals surface area contributed by atoms with E-state index in [0.29, 0.717) is 16.9 Å². The molecule has 5 nitrogen and oxygen atoms in total. The lowest BCUT2D eigenvalue weighted by atomic mass is 10.1. The first-order valence-electron chi connectivity index (χ1n) is 6.02. The Morgan fingerprint density at radius 3 is 2.55 bits per heavy atom. The highest BCUT2D eigenvalue weighted by molar-refractivity contribution is 6.04. The summed E-state index contributed by atoms with van der Waals surface area (Å²) in [4.78, 5) is 27.3. The third-order valence-corrected chi connectivity index (χ3v) is 2.71. The Balaban J connectivity index is 2.10. The maximum absolute atomic E-state index is 12.0. The van der Waals surface area contributed by atoms with Crippen molar-refractivity contribution in [2.45, 2.75) is 6.92 Å². The SMILES string of the molecule is COC(=O)c1ccc(NC(=O)c2cccc(C)c2)nc1. The molecule has 0 radical (unpaired) electrons. The number of amides is 1. The largest absolute Gasteiger partial charge is 0.465 e. The van der Waals surface area contributed by atoms with Crippen LogP contribution in [0.25, 0.3) is 0 Å². The van der Waals surface area contributed by atoms with E-state index in [0.717, 1.165) is 5.56 Å². The van der Waals surface area contributed by atoms with Gasteiger partial charge < -0.3 is 10.1 Å². The van der Waals surface area contributed by atoms with E-state index in [9.17, 15) is 9.59 Å². The number of pyridine rings is 1. The van der Waals surface area contributed by atoms with Crippen LogP contribution in [0.2, 0.25) is 0 Å². The summed E-state index contributed by atoms with van der Waals surface area (Å²) < 4.78 is 4.57. The van der Waals surface area contributed by atoms with E-state index in [1.54, 1.807) is 24.3 Å². The number of methoxy groups -OCH3 is 1. The zero-order chi connectivity index (χ0) is 14.5. The lowest BCUT2D eigenvalue weighted by Crippen LogP contribution is -2.13. The molecule has 1 heterocycles. The van der Waals surface area contributed by atoms with Gasteiger partial charge in [-0.15, -0.1) is 0 Å². The predicted molar refractivity (Wildman–Crippen MR) is 74.7 cm³/mol. The summed E-state index contributed by atoms with van der Waals surface area (Å²) in [5, 5.41) is 2.67. The van der Waals surface area contributed by atoms with Crippen LogP contribution in [0, 0.1) is 6.92 Å². The summed E-state index contributed by atoms with van der Waals surface area (Å²) in [6.07, 6.45) is 1.36. The summed E-state index contributed by atoms with van der Waals surface area (Å²) in [5.74, 6) is -0.328. The molecule has 1 aromatic carbocycles. The molecule has 2 rings (SSSR count). The van der Waals surface area contributed by atoms with E-state index in [2.05, 4.69) is 15.0 Å². The number of esters is 1. The quantitative estimate of drug-likeness (QED) is 0.870. The van der Waals surface area contributed by atoms with Crippen molar-refractivity contribution < 1.29 is 14.3 Å². The first-order chi connectivity index (χ1) is 9.60. The van der Waals surface area contributed by atoms with Crippen molar-refractivity contribution >= 4 is 17.7 Å². The fourth-order valence-corrected chi connectivity index (χ4v) is 1.68. The molecule has 5 heteroatoms. The first kappa shape index (κ1) is 13.7. The second kappa shape index (κ2) is 5.97. The van der Waals surface area contributed by atoms with Gasteiger partial charge in [0.05, 0.1) is 12.7 Å². The summed E-state index contributed by atoms with van der Waals surface area (Å²) in [7, 11) is 1.30. The summed E-state index contributed by atoms with van der Waals surface area (Å²) in [5.41, 5.74) is 1.90. The molecule has 0 spiro atoms. The number of hydrogen-bond acceptors (Lipinski definition) is 4. The highest BCUT2D eigenvalue weighted by Crippen LogP contribution is 2.10. The van der Waals surface area contributed by atoms with Gasteiger partial charge in [0.2, 0.25) is 0 Å². The molecule has 0 unspecified atom stereocenters. The fourth-order valence-electron chi connectivity index (χ4n) is 1.68. The van der Waals surface area contributed by atoms with Crippen LogP contribution < -0.4 is 5.32 Å². The molecule has 0 aliphatic carbocycles. The molecule has 1 amide bonds. The number of hydrogen-bond donors (Lipinski definition) is 1. The number of carbonyl (C=O) groups excluding carboxylic acids is 2. The predicted octanol–water partition coefficient (Wildman–Crippen LogP) is 2.43. The van der Waals surface area contributed by atoms with Crippen LogP contribution in [0.1, 0.15) is 26.3 Å². The molecule has 102 valence electrons. The number of nitrogens with one attached hydrogen (secondary N) is 1. The second-order valence-electron chi connectivity index (χ2n) is 4.25. The van der Waals surface area contributed by atoms with Crippen LogP contribution in [0.4, 0.5) is 5.82 Å². The van der Waals surface area contributed by atoms with Gasteiger partial charge in [-0.25, -0.2) is 9.78 Å². The summed E-state index contributed by atoms with van der Waals surface area (Å²) in [6, 6.07) is 10.4. The van der Waals surface area contributed by atoms with Gasteiger partial charge in [0, 0.05) is 11.8 Å². The van der Waals surface area contributed by atoms with Crippen molar-refractivity contribution in [1.29, 1.82) is 0 Å². The smallest absolute Gasteiger partial charge is 0.339 e. The summed E-state index contributed by atoms with van der Waals surface area (Å²) in [6.45, 7) is 1.92. The maximum atomic E-state index is 12.0. The monoisotopic (exact) mass is 270 g/mol. The topological polar surface area (TPSA) is 68.3 Å². The Labute approximate surface area is 116 Å². The minimum Gasteiger partial charge on any atom is -0.465 e. The molecule has 0 bridgehead atoms. The van der Waals surface area contributed by atoms with E-state index in [1.165, 1.54) is 13.3 Å². The Morgan fingerprint density at radius 2 is 1.95 bits per heavy atom. The van der Waals surface area contributed by atoms with E-state index >= 15 is 0 Å². The van der Waals surface area contributed by atoms with Gasteiger partial charge >= 0.3 is 5.97 Å². The molecule has 0 saturated heterocycles. The zero-order valence-corrected chi connectivity index (χ0v) is 11.2. The molecular formula is C15H14N2O3. The molecule has 20 heavy (non-hydrogen) atoms. The lowest BCUT2D eigenvalue weighted by Gasteiger charge is -2.05. The third kappa shape index (κ3) is 3.20. The Hall–Kier alpha value is -2.69. The summed E-state index contributed by atoms with van der Waals surface area (Å²) >= 11 is 0. The van der Waals surface area contributed by atoms with Gasteiger partial charge in [-0.05, 0) is 31.2 Å². The zero-order valence-electron chi connectivity index (χ0n) is 11.2. The third-order valence-electron chi connectivity index (χ3n) is 2.71. The standard InChI is InChI=1S/C15H14N2O3/c1-10-4-3-5-11(8-10)14(18)17-13-7-6-12(9-16-13)15(19)20-2/h3-9H,1-2H3,(H,16,17,18). The molecule has 0 saturated carbocycles. The lowest BCUT2D eigenvalue weighted by molar-refractivity contribution is 0.0600. The average molecular weight is 270 g/mol.